The highest BCUT2D eigenvalue weighted by molar-refractivity contribution is 5.99. The monoisotopic (exact) mass is 404 g/mol. The molecule has 0 spiro atoms. The largest absolute Gasteiger partial charge is 0.398 e. The summed E-state index contributed by atoms with van der Waals surface area (Å²) in [6.07, 6.45) is 0.349. The zero-order valence-corrected chi connectivity index (χ0v) is 16.2. The molecular formula is C17H26Cl2N4O3. The van der Waals surface area contributed by atoms with Crippen molar-refractivity contribution in [1.82, 2.24) is 15.1 Å². The molecule has 0 saturated carbocycles. The van der Waals surface area contributed by atoms with Gasteiger partial charge in [-0.05, 0) is 12.1 Å². The van der Waals surface area contributed by atoms with Gasteiger partial charge in [0.15, 0.2) is 0 Å². The van der Waals surface area contributed by atoms with E-state index in [1.54, 1.807) is 24.3 Å². The number of para-hydroxylation sites is 1. The van der Waals surface area contributed by atoms with Crippen LogP contribution in [0.25, 0.3) is 0 Å². The Balaban J connectivity index is 0.00000169. The minimum Gasteiger partial charge on any atom is -0.398 e. The van der Waals surface area contributed by atoms with Crippen LogP contribution in [0.4, 0.5) is 5.69 Å². The maximum absolute atomic E-state index is 12.3. The van der Waals surface area contributed by atoms with Crippen LogP contribution in [0.3, 0.4) is 0 Å². The average Bonchev–Trinajstić information content (AvgIpc) is 2.93. The number of likely N-dealkylation sites (tertiary alicyclic amines) is 1. The Morgan fingerprint density at radius 3 is 2.58 bits per heavy atom. The van der Waals surface area contributed by atoms with E-state index in [0.717, 1.165) is 32.8 Å². The minimum atomic E-state index is -0.221. The van der Waals surface area contributed by atoms with Gasteiger partial charge in [-0.15, -0.1) is 24.8 Å². The fourth-order valence-corrected chi connectivity index (χ4v) is 3.14. The quantitative estimate of drug-likeness (QED) is 0.707. The van der Waals surface area contributed by atoms with Crippen molar-refractivity contribution in [3.05, 3.63) is 29.8 Å². The van der Waals surface area contributed by atoms with E-state index in [-0.39, 0.29) is 42.7 Å². The van der Waals surface area contributed by atoms with Crippen LogP contribution in [0.5, 0.6) is 0 Å². The number of nitrogens with one attached hydrogen (secondary N) is 1. The highest BCUT2D eigenvalue weighted by atomic mass is 35.5. The molecule has 1 aromatic carbocycles. The Kier molecular flexibility index (Phi) is 9.15. The summed E-state index contributed by atoms with van der Waals surface area (Å²) in [6.45, 7) is 5.43. The molecule has 0 aliphatic carbocycles. The third-order valence-corrected chi connectivity index (χ3v) is 4.54. The molecule has 3 N–H and O–H groups in total. The van der Waals surface area contributed by atoms with E-state index >= 15 is 0 Å². The number of hydrogen-bond acceptors (Lipinski definition) is 5. The summed E-state index contributed by atoms with van der Waals surface area (Å²) >= 11 is 0. The number of amides is 2. The Bertz CT molecular complexity index is 611. The van der Waals surface area contributed by atoms with Crippen molar-refractivity contribution in [1.29, 1.82) is 0 Å². The highest BCUT2D eigenvalue weighted by Gasteiger charge is 2.31. The fourth-order valence-electron chi connectivity index (χ4n) is 3.14. The second kappa shape index (κ2) is 10.6. The Labute approximate surface area is 166 Å². The van der Waals surface area contributed by atoms with Gasteiger partial charge < -0.3 is 20.7 Å². The van der Waals surface area contributed by atoms with Crippen LogP contribution < -0.4 is 11.1 Å². The average molecular weight is 405 g/mol. The molecule has 26 heavy (non-hydrogen) atoms. The third kappa shape index (κ3) is 5.74. The van der Waals surface area contributed by atoms with Gasteiger partial charge in [0, 0.05) is 44.8 Å². The third-order valence-electron chi connectivity index (χ3n) is 4.54. The summed E-state index contributed by atoms with van der Waals surface area (Å²) in [6, 6.07) is 6.80. The number of anilines is 1. The lowest BCUT2D eigenvalue weighted by molar-refractivity contribution is -0.128. The molecule has 146 valence electrons. The van der Waals surface area contributed by atoms with Crippen molar-refractivity contribution in [3.8, 4) is 0 Å². The van der Waals surface area contributed by atoms with Gasteiger partial charge >= 0.3 is 0 Å². The number of nitrogen functional groups attached to an aromatic ring is 1. The summed E-state index contributed by atoms with van der Waals surface area (Å²) in [7, 11) is 0. The highest BCUT2D eigenvalue weighted by Crippen LogP contribution is 2.14. The van der Waals surface area contributed by atoms with Crippen LogP contribution in [-0.2, 0) is 9.53 Å². The Morgan fingerprint density at radius 1 is 1.19 bits per heavy atom. The molecule has 0 aromatic heterocycles. The molecule has 0 bridgehead atoms. The number of nitrogens with zero attached hydrogens (tertiary/aromatic N) is 2. The second-order valence-corrected chi connectivity index (χ2v) is 6.26. The van der Waals surface area contributed by atoms with E-state index in [1.165, 1.54) is 0 Å². The van der Waals surface area contributed by atoms with Crippen molar-refractivity contribution < 1.29 is 14.3 Å². The van der Waals surface area contributed by atoms with E-state index in [0.29, 0.717) is 30.8 Å². The lowest BCUT2D eigenvalue weighted by Crippen LogP contribution is -2.42. The first-order valence-corrected chi connectivity index (χ1v) is 8.37. The van der Waals surface area contributed by atoms with Crippen molar-refractivity contribution >= 4 is 42.3 Å². The number of hydrogen-bond donors (Lipinski definition) is 2. The number of rotatable bonds is 5. The topological polar surface area (TPSA) is 87.9 Å². The molecule has 0 radical (unpaired) electrons. The molecule has 2 amide bonds. The molecule has 1 aromatic rings. The van der Waals surface area contributed by atoms with E-state index in [2.05, 4.69) is 10.2 Å². The molecule has 7 nitrogen and oxygen atoms in total. The number of ether oxygens (including phenoxy) is 1. The first kappa shape index (κ1) is 22.5. The maximum atomic E-state index is 12.3. The standard InChI is InChI=1S/C17H24N4O3.2ClH/c18-15-4-2-1-3-14(15)17(23)19-13-11-16(22)21(12-13)6-5-20-7-9-24-10-8-20;;/h1-4,13H,5-12,18H2,(H,19,23);2*1H. The Hall–Kier alpha value is -1.54. The summed E-state index contributed by atoms with van der Waals surface area (Å²) in [4.78, 5) is 28.6. The molecular weight excluding hydrogens is 379 g/mol. The number of carbonyl (C=O) groups excluding carboxylic acids is 2. The van der Waals surface area contributed by atoms with E-state index in [1.807, 2.05) is 4.90 Å². The van der Waals surface area contributed by atoms with Crippen LogP contribution in [0.2, 0.25) is 0 Å². The number of benzene rings is 1. The zero-order valence-electron chi connectivity index (χ0n) is 14.6. The van der Waals surface area contributed by atoms with Gasteiger partial charge in [-0.25, -0.2) is 0 Å². The van der Waals surface area contributed by atoms with Crippen LogP contribution >= 0.6 is 24.8 Å². The van der Waals surface area contributed by atoms with Gasteiger partial charge in [0.1, 0.15) is 0 Å². The van der Waals surface area contributed by atoms with Crippen molar-refractivity contribution in [2.75, 3.05) is 51.7 Å². The van der Waals surface area contributed by atoms with Crippen molar-refractivity contribution in [2.24, 2.45) is 0 Å². The molecule has 1 atom stereocenters. The summed E-state index contributed by atoms with van der Waals surface area (Å²) in [5, 5.41) is 2.92. The van der Waals surface area contributed by atoms with E-state index in [4.69, 9.17) is 10.5 Å². The molecule has 2 aliphatic rings. The SMILES string of the molecule is Cl.Cl.Nc1ccccc1C(=O)NC1CC(=O)N(CCN2CCOCC2)C1. The lowest BCUT2D eigenvalue weighted by Gasteiger charge is -2.28. The fraction of sp³-hybridized carbons (Fsp3) is 0.529. The maximum Gasteiger partial charge on any atom is 0.253 e. The molecule has 2 aliphatic heterocycles. The van der Waals surface area contributed by atoms with E-state index < -0.39 is 0 Å². The van der Waals surface area contributed by atoms with E-state index in [9.17, 15) is 9.59 Å². The first-order valence-electron chi connectivity index (χ1n) is 8.37. The molecule has 3 rings (SSSR count). The molecule has 2 saturated heterocycles. The molecule has 2 fully saturated rings. The van der Waals surface area contributed by atoms with Gasteiger partial charge in [-0.3, -0.25) is 14.5 Å². The molecule has 2 heterocycles. The summed E-state index contributed by atoms with van der Waals surface area (Å²) in [5.41, 5.74) is 6.73. The molecule has 1 unspecified atom stereocenters. The Morgan fingerprint density at radius 2 is 1.88 bits per heavy atom. The predicted molar refractivity (Wildman–Crippen MR) is 105 cm³/mol. The van der Waals surface area contributed by atoms with Gasteiger partial charge in [-0.2, -0.15) is 0 Å². The zero-order chi connectivity index (χ0) is 16.9. The first-order chi connectivity index (χ1) is 11.6. The predicted octanol–water partition coefficient (Wildman–Crippen LogP) is 0.775. The van der Waals surface area contributed by atoms with Crippen molar-refractivity contribution in [3.63, 3.8) is 0 Å². The van der Waals surface area contributed by atoms with Gasteiger partial charge in [0.05, 0.1) is 24.8 Å². The van der Waals surface area contributed by atoms with Crippen LogP contribution in [0, 0.1) is 0 Å². The smallest absolute Gasteiger partial charge is 0.253 e. The number of halogens is 2. The van der Waals surface area contributed by atoms with Crippen molar-refractivity contribution in [2.45, 2.75) is 12.5 Å². The van der Waals surface area contributed by atoms with Crippen LogP contribution in [0.1, 0.15) is 16.8 Å². The second-order valence-electron chi connectivity index (χ2n) is 6.26. The molecule has 9 heteroatoms. The lowest BCUT2D eigenvalue weighted by atomic mass is 10.1. The normalized spacial score (nSPS) is 20.2. The van der Waals surface area contributed by atoms with Gasteiger partial charge in [0.25, 0.3) is 5.91 Å². The number of carbonyl (C=O) groups is 2. The number of morpholine rings is 1. The summed E-state index contributed by atoms with van der Waals surface area (Å²) in [5.74, 6) is -0.129. The van der Waals surface area contributed by atoms with Gasteiger partial charge in [0.2, 0.25) is 5.91 Å². The number of nitrogens with two attached hydrogens (primary N) is 1. The van der Waals surface area contributed by atoms with Crippen LogP contribution in [0.15, 0.2) is 24.3 Å². The van der Waals surface area contributed by atoms with Crippen LogP contribution in [-0.4, -0.2) is 73.6 Å². The summed E-state index contributed by atoms with van der Waals surface area (Å²) < 4.78 is 5.33. The minimum absolute atomic E-state index is 0. The van der Waals surface area contributed by atoms with Gasteiger partial charge in [-0.1, -0.05) is 12.1 Å².